The molecule has 2 nitrogen and oxygen atoms in total. The fourth-order valence-electron chi connectivity index (χ4n) is 2.09. The lowest BCUT2D eigenvalue weighted by Crippen LogP contribution is -2.63. The van der Waals surface area contributed by atoms with Crippen molar-refractivity contribution >= 4 is 11.9 Å². The molecule has 3 heteroatoms. The van der Waals surface area contributed by atoms with Gasteiger partial charge in [-0.1, -0.05) is 17.7 Å². The number of benzene rings is 1. The van der Waals surface area contributed by atoms with E-state index in [4.69, 9.17) is 4.74 Å². The van der Waals surface area contributed by atoms with Crippen molar-refractivity contribution in [1.82, 2.24) is 4.31 Å². The Bertz CT molecular complexity index is 350. The van der Waals surface area contributed by atoms with Crippen LogP contribution >= 0.6 is 11.9 Å². The van der Waals surface area contributed by atoms with Gasteiger partial charge in [0.15, 0.2) is 0 Å². The van der Waals surface area contributed by atoms with E-state index in [0.717, 1.165) is 13.2 Å². The van der Waals surface area contributed by atoms with E-state index in [1.165, 1.54) is 23.5 Å². The first-order valence-corrected chi connectivity index (χ1v) is 6.11. The number of hydrogen-bond acceptors (Lipinski definition) is 3. The van der Waals surface area contributed by atoms with Crippen LogP contribution in [-0.4, -0.2) is 30.6 Å². The summed E-state index contributed by atoms with van der Waals surface area (Å²) in [7, 11) is 0. The van der Waals surface area contributed by atoms with Crippen LogP contribution < -0.4 is 0 Å². The summed E-state index contributed by atoms with van der Waals surface area (Å²) in [6.45, 7) is 6.44. The lowest BCUT2D eigenvalue weighted by molar-refractivity contribution is -0.164. The Hall–Kier alpha value is -0.510. The third-order valence-corrected chi connectivity index (χ3v) is 4.09. The van der Waals surface area contributed by atoms with E-state index in [-0.39, 0.29) is 0 Å². The fourth-order valence-corrected chi connectivity index (χ4v) is 3.32. The molecule has 2 saturated heterocycles. The number of rotatable bonds is 2. The SMILES string of the molecule is Cc1ccc(SN2CC3(COC3)C2)cc1. The molecule has 15 heavy (non-hydrogen) atoms. The second kappa shape index (κ2) is 3.51. The summed E-state index contributed by atoms with van der Waals surface area (Å²) in [6, 6.07) is 8.74. The standard InChI is InChI=1S/C12H15NOS/c1-10-2-4-11(5-3-10)15-13-6-12(7-13)8-14-9-12/h2-5H,6-9H2,1H3. The first kappa shape index (κ1) is 9.70. The van der Waals surface area contributed by atoms with Gasteiger partial charge in [-0.3, -0.25) is 0 Å². The van der Waals surface area contributed by atoms with E-state index in [0.29, 0.717) is 5.41 Å². The third-order valence-electron chi connectivity index (χ3n) is 3.10. The molecule has 0 bridgehead atoms. The molecule has 0 radical (unpaired) electrons. The first-order valence-electron chi connectivity index (χ1n) is 5.33. The largest absolute Gasteiger partial charge is 0.380 e. The lowest BCUT2D eigenvalue weighted by atomic mass is 9.80. The van der Waals surface area contributed by atoms with Crippen LogP contribution in [0.2, 0.25) is 0 Å². The van der Waals surface area contributed by atoms with Gasteiger partial charge in [-0.25, -0.2) is 4.31 Å². The molecule has 0 N–H and O–H groups in total. The van der Waals surface area contributed by atoms with Gasteiger partial charge < -0.3 is 4.74 Å². The second-order valence-electron chi connectivity index (χ2n) is 4.70. The van der Waals surface area contributed by atoms with Gasteiger partial charge in [0.05, 0.1) is 13.2 Å². The molecule has 1 aromatic carbocycles. The van der Waals surface area contributed by atoms with E-state index in [1.54, 1.807) is 0 Å². The van der Waals surface area contributed by atoms with E-state index >= 15 is 0 Å². The van der Waals surface area contributed by atoms with E-state index < -0.39 is 0 Å². The highest BCUT2D eigenvalue weighted by molar-refractivity contribution is 7.97. The van der Waals surface area contributed by atoms with Crippen molar-refractivity contribution in [2.75, 3.05) is 26.3 Å². The predicted molar refractivity (Wildman–Crippen MR) is 61.9 cm³/mol. The highest BCUT2D eigenvalue weighted by atomic mass is 32.2. The molecule has 0 amide bonds. The number of nitrogens with zero attached hydrogens (tertiary/aromatic N) is 1. The highest BCUT2D eigenvalue weighted by Crippen LogP contribution is 2.42. The zero-order valence-electron chi connectivity index (χ0n) is 8.90. The van der Waals surface area contributed by atoms with Crippen molar-refractivity contribution in [2.24, 2.45) is 5.41 Å². The van der Waals surface area contributed by atoms with Gasteiger partial charge in [0.1, 0.15) is 0 Å². The Morgan fingerprint density at radius 2 is 1.87 bits per heavy atom. The van der Waals surface area contributed by atoms with Crippen LogP contribution in [0.25, 0.3) is 0 Å². The molecule has 2 aliphatic rings. The molecule has 0 unspecified atom stereocenters. The molecule has 3 rings (SSSR count). The zero-order chi connectivity index (χ0) is 10.3. The van der Waals surface area contributed by atoms with Crippen LogP contribution in [0, 0.1) is 12.3 Å². The van der Waals surface area contributed by atoms with Gasteiger partial charge in [-0.05, 0) is 31.0 Å². The maximum absolute atomic E-state index is 5.26. The average molecular weight is 221 g/mol. The second-order valence-corrected chi connectivity index (χ2v) is 5.87. The molecular weight excluding hydrogens is 206 g/mol. The molecule has 2 heterocycles. The maximum Gasteiger partial charge on any atom is 0.0570 e. The van der Waals surface area contributed by atoms with Crippen LogP contribution in [0.3, 0.4) is 0 Å². The van der Waals surface area contributed by atoms with Gasteiger partial charge in [-0.2, -0.15) is 0 Å². The lowest BCUT2D eigenvalue weighted by Gasteiger charge is -2.54. The van der Waals surface area contributed by atoms with E-state index in [2.05, 4.69) is 35.5 Å². The summed E-state index contributed by atoms with van der Waals surface area (Å²) >= 11 is 1.87. The summed E-state index contributed by atoms with van der Waals surface area (Å²) in [4.78, 5) is 1.34. The maximum atomic E-state index is 5.26. The minimum atomic E-state index is 0.525. The normalized spacial score (nSPS) is 23.5. The van der Waals surface area contributed by atoms with Crippen molar-refractivity contribution in [2.45, 2.75) is 11.8 Å². The molecule has 80 valence electrons. The number of ether oxygens (including phenoxy) is 1. The number of aryl methyl sites for hydroxylation is 1. The van der Waals surface area contributed by atoms with Gasteiger partial charge in [-0.15, -0.1) is 0 Å². The Kier molecular flexibility index (Phi) is 2.27. The third kappa shape index (κ3) is 1.80. The predicted octanol–water partition coefficient (Wildman–Crippen LogP) is 2.33. The Labute approximate surface area is 94.7 Å². The topological polar surface area (TPSA) is 12.5 Å². The van der Waals surface area contributed by atoms with Crippen LogP contribution in [0.4, 0.5) is 0 Å². The molecule has 0 atom stereocenters. The molecule has 0 saturated carbocycles. The Balaban J connectivity index is 1.56. The molecular formula is C12H15NOS. The Morgan fingerprint density at radius 1 is 1.20 bits per heavy atom. The van der Waals surface area contributed by atoms with Crippen molar-refractivity contribution in [3.63, 3.8) is 0 Å². The van der Waals surface area contributed by atoms with Gasteiger partial charge in [0.25, 0.3) is 0 Å². The summed E-state index contributed by atoms with van der Waals surface area (Å²) in [5.41, 5.74) is 1.85. The number of hydrogen-bond donors (Lipinski definition) is 0. The van der Waals surface area contributed by atoms with Gasteiger partial charge in [0, 0.05) is 23.4 Å². The van der Waals surface area contributed by atoms with Crippen molar-refractivity contribution in [1.29, 1.82) is 0 Å². The molecule has 1 spiro atoms. The summed E-state index contributed by atoms with van der Waals surface area (Å²) in [5.74, 6) is 0. The van der Waals surface area contributed by atoms with Crippen LogP contribution in [0.1, 0.15) is 5.56 Å². The van der Waals surface area contributed by atoms with E-state index in [1.807, 2.05) is 11.9 Å². The smallest absolute Gasteiger partial charge is 0.0570 e. The van der Waals surface area contributed by atoms with Crippen molar-refractivity contribution < 1.29 is 4.74 Å². The highest BCUT2D eigenvalue weighted by Gasteiger charge is 2.49. The summed E-state index contributed by atoms with van der Waals surface area (Å²) < 4.78 is 7.68. The molecule has 0 aliphatic carbocycles. The van der Waals surface area contributed by atoms with Crippen LogP contribution in [-0.2, 0) is 4.74 Å². The summed E-state index contributed by atoms with van der Waals surface area (Å²) in [5, 5.41) is 0. The van der Waals surface area contributed by atoms with Crippen molar-refractivity contribution in [3.8, 4) is 0 Å². The minimum absolute atomic E-state index is 0.525. The molecule has 0 aromatic heterocycles. The summed E-state index contributed by atoms with van der Waals surface area (Å²) in [6.07, 6.45) is 0. The quantitative estimate of drug-likeness (QED) is 0.711. The minimum Gasteiger partial charge on any atom is -0.380 e. The molecule has 1 aromatic rings. The molecule has 2 fully saturated rings. The average Bonchev–Trinajstić information content (AvgIpc) is 2.10. The zero-order valence-corrected chi connectivity index (χ0v) is 9.72. The first-order chi connectivity index (χ1) is 7.26. The Morgan fingerprint density at radius 3 is 2.40 bits per heavy atom. The monoisotopic (exact) mass is 221 g/mol. The van der Waals surface area contributed by atoms with Gasteiger partial charge in [0.2, 0.25) is 0 Å². The van der Waals surface area contributed by atoms with E-state index in [9.17, 15) is 0 Å². The van der Waals surface area contributed by atoms with Crippen LogP contribution in [0.15, 0.2) is 29.2 Å². The molecule has 2 aliphatic heterocycles. The fraction of sp³-hybridized carbons (Fsp3) is 0.500. The van der Waals surface area contributed by atoms with Crippen molar-refractivity contribution in [3.05, 3.63) is 29.8 Å². The van der Waals surface area contributed by atoms with Gasteiger partial charge >= 0.3 is 0 Å². The van der Waals surface area contributed by atoms with Crippen LogP contribution in [0.5, 0.6) is 0 Å².